The molecule has 0 heterocycles. The Bertz CT molecular complexity index is 1400. The zero-order chi connectivity index (χ0) is 52.7. The van der Waals surface area contributed by atoms with E-state index in [1.807, 2.05) is 0 Å². The maximum absolute atomic E-state index is 12.9. The van der Waals surface area contributed by atoms with E-state index in [4.69, 9.17) is 23.3 Å². The number of ether oxygens (including phenoxy) is 3. The molecule has 0 aromatic carbocycles. The van der Waals surface area contributed by atoms with Gasteiger partial charge in [0.15, 0.2) is 6.10 Å². The largest absolute Gasteiger partial charge is 0.472 e. The first-order chi connectivity index (χ1) is 35.2. The third-order valence-electron chi connectivity index (χ3n) is 12.7. The molecule has 0 saturated heterocycles. The minimum Gasteiger partial charge on any atom is -0.462 e. The molecule has 0 aliphatic rings. The van der Waals surface area contributed by atoms with E-state index in [1.165, 1.54) is 128 Å². The number of unbranched alkanes of at least 4 members (excludes halogenated alkanes) is 30. The summed E-state index contributed by atoms with van der Waals surface area (Å²) in [6, 6.07) is 0. The molecule has 0 rings (SSSR count). The summed E-state index contributed by atoms with van der Waals surface area (Å²) in [7, 11) is -4.74. The van der Waals surface area contributed by atoms with Crippen LogP contribution in [0.2, 0.25) is 0 Å². The van der Waals surface area contributed by atoms with Crippen LogP contribution in [0.3, 0.4) is 0 Å². The molecule has 3 unspecified atom stereocenters. The second-order valence-electron chi connectivity index (χ2n) is 19.8. The van der Waals surface area contributed by atoms with Crippen molar-refractivity contribution < 1.29 is 52.2 Å². The molecular weight excluding hydrogens is 928 g/mol. The van der Waals surface area contributed by atoms with Gasteiger partial charge in [0.25, 0.3) is 0 Å². The van der Waals surface area contributed by atoms with Crippen molar-refractivity contribution in [2.45, 2.75) is 290 Å². The van der Waals surface area contributed by atoms with Crippen LogP contribution >= 0.6 is 7.82 Å². The van der Waals surface area contributed by atoms with Gasteiger partial charge in [-0.05, 0) is 77.0 Å². The van der Waals surface area contributed by atoms with Gasteiger partial charge in [-0.25, -0.2) is 4.57 Å². The highest BCUT2D eigenvalue weighted by Crippen LogP contribution is 2.43. The predicted octanol–water partition coefficient (Wildman–Crippen LogP) is 17.4. The molecule has 72 heavy (non-hydrogen) atoms. The van der Waals surface area contributed by atoms with Crippen molar-refractivity contribution in [1.29, 1.82) is 0 Å². The normalized spacial score (nSPS) is 13.7. The SMILES string of the molecule is CC/C=C\C/C=C\C/C=C\CCCCCCCCCC(=O)OC(CO)COP(=O)(O)OCC(COC(=O)CCCCCCCCCCC)OC(=O)CCCCCCCCCCC/C=C\CCCCCCCC. The van der Waals surface area contributed by atoms with Crippen molar-refractivity contribution in [3.63, 3.8) is 0 Å². The molecule has 0 aliphatic carbocycles. The van der Waals surface area contributed by atoms with Crippen molar-refractivity contribution >= 4 is 25.7 Å². The number of rotatable bonds is 55. The maximum atomic E-state index is 12.9. The number of aliphatic hydroxyl groups is 1. The summed E-state index contributed by atoms with van der Waals surface area (Å²) in [4.78, 5) is 48.5. The first-order valence-electron chi connectivity index (χ1n) is 29.5. The van der Waals surface area contributed by atoms with Gasteiger partial charge in [0.2, 0.25) is 0 Å². The summed E-state index contributed by atoms with van der Waals surface area (Å²) in [6.45, 7) is 4.53. The first kappa shape index (κ1) is 69.4. The predicted molar refractivity (Wildman–Crippen MR) is 298 cm³/mol. The summed E-state index contributed by atoms with van der Waals surface area (Å²) < 4.78 is 39.5. The third kappa shape index (κ3) is 52.3. The molecule has 0 saturated carbocycles. The van der Waals surface area contributed by atoms with Crippen LogP contribution in [0.5, 0.6) is 0 Å². The fraction of sp³-hybridized carbons (Fsp3) is 0.817. The Morgan fingerprint density at radius 1 is 0.403 bits per heavy atom. The molecule has 420 valence electrons. The van der Waals surface area contributed by atoms with E-state index in [1.54, 1.807) is 0 Å². The van der Waals surface area contributed by atoms with Gasteiger partial charge < -0.3 is 24.2 Å². The number of hydrogen-bond donors (Lipinski definition) is 2. The van der Waals surface area contributed by atoms with Crippen LogP contribution < -0.4 is 0 Å². The smallest absolute Gasteiger partial charge is 0.462 e. The lowest BCUT2D eigenvalue weighted by Crippen LogP contribution is -2.30. The molecule has 11 nitrogen and oxygen atoms in total. The molecule has 2 N–H and O–H groups in total. The van der Waals surface area contributed by atoms with Crippen molar-refractivity contribution in [3.05, 3.63) is 48.6 Å². The van der Waals surface area contributed by atoms with Crippen LogP contribution in [0, 0.1) is 0 Å². The van der Waals surface area contributed by atoms with Crippen LogP contribution in [-0.2, 0) is 42.2 Å². The lowest BCUT2D eigenvalue weighted by molar-refractivity contribution is -0.161. The quantitative estimate of drug-likeness (QED) is 0.0197. The van der Waals surface area contributed by atoms with E-state index in [0.29, 0.717) is 19.3 Å². The van der Waals surface area contributed by atoms with E-state index >= 15 is 0 Å². The van der Waals surface area contributed by atoms with Crippen LogP contribution in [0.15, 0.2) is 48.6 Å². The van der Waals surface area contributed by atoms with Crippen molar-refractivity contribution in [2.24, 2.45) is 0 Å². The van der Waals surface area contributed by atoms with E-state index in [-0.39, 0.29) is 25.9 Å². The molecule has 3 atom stereocenters. The highest BCUT2D eigenvalue weighted by Gasteiger charge is 2.28. The molecule has 0 fully saturated rings. The molecule has 0 aromatic heterocycles. The molecular formula is C60H109O11P. The molecule has 0 radical (unpaired) electrons. The highest BCUT2D eigenvalue weighted by atomic mass is 31.2. The Labute approximate surface area is 441 Å². The fourth-order valence-corrected chi connectivity index (χ4v) is 9.03. The zero-order valence-corrected chi connectivity index (χ0v) is 47.3. The average molecular weight is 1040 g/mol. The second kappa shape index (κ2) is 54.7. The van der Waals surface area contributed by atoms with Gasteiger partial charge in [-0.2, -0.15) is 0 Å². The number of allylic oxidation sites excluding steroid dienone is 8. The lowest BCUT2D eigenvalue weighted by Gasteiger charge is -2.21. The van der Waals surface area contributed by atoms with Crippen molar-refractivity contribution in [2.75, 3.05) is 26.4 Å². The number of phosphoric acid groups is 1. The van der Waals surface area contributed by atoms with E-state index in [0.717, 1.165) is 89.9 Å². The molecule has 0 aliphatic heterocycles. The number of phosphoric ester groups is 1. The Morgan fingerprint density at radius 2 is 0.722 bits per heavy atom. The molecule has 0 aromatic rings. The van der Waals surface area contributed by atoms with Gasteiger partial charge in [0.05, 0.1) is 19.8 Å². The summed E-state index contributed by atoms with van der Waals surface area (Å²) in [5, 5.41) is 9.81. The van der Waals surface area contributed by atoms with Gasteiger partial charge >= 0.3 is 25.7 Å². The van der Waals surface area contributed by atoms with Gasteiger partial charge in [0.1, 0.15) is 12.7 Å². The van der Waals surface area contributed by atoms with Crippen molar-refractivity contribution in [1.82, 2.24) is 0 Å². The van der Waals surface area contributed by atoms with Gasteiger partial charge in [0, 0.05) is 19.3 Å². The molecule has 12 heteroatoms. The number of carbonyl (C=O) groups excluding carboxylic acids is 3. The molecule has 0 spiro atoms. The lowest BCUT2D eigenvalue weighted by atomic mass is 10.1. The fourth-order valence-electron chi connectivity index (χ4n) is 8.25. The Kier molecular flexibility index (Phi) is 52.7. The van der Waals surface area contributed by atoms with Crippen LogP contribution in [0.25, 0.3) is 0 Å². The van der Waals surface area contributed by atoms with E-state index in [9.17, 15) is 28.9 Å². The number of carbonyl (C=O) groups is 3. The minimum atomic E-state index is -4.74. The first-order valence-corrected chi connectivity index (χ1v) is 31.0. The topological polar surface area (TPSA) is 155 Å². The summed E-state index contributed by atoms with van der Waals surface area (Å²) in [6.07, 6.45) is 57.9. The minimum absolute atomic E-state index is 0.167. The number of esters is 3. The summed E-state index contributed by atoms with van der Waals surface area (Å²) in [5.41, 5.74) is 0. The summed E-state index contributed by atoms with van der Waals surface area (Å²) >= 11 is 0. The Morgan fingerprint density at radius 3 is 1.12 bits per heavy atom. The number of aliphatic hydroxyl groups excluding tert-OH is 1. The van der Waals surface area contributed by atoms with E-state index in [2.05, 4.69) is 69.4 Å². The summed E-state index contributed by atoms with van der Waals surface area (Å²) in [5.74, 6) is -1.46. The number of hydrogen-bond acceptors (Lipinski definition) is 10. The van der Waals surface area contributed by atoms with Crippen molar-refractivity contribution in [3.8, 4) is 0 Å². The zero-order valence-electron chi connectivity index (χ0n) is 46.4. The molecule has 0 amide bonds. The maximum Gasteiger partial charge on any atom is 0.472 e. The van der Waals surface area contributed by atoms with Crippen LogP contribution in [0.4, 0.5) is 0 Å². The van der Waals surface area contributed by atoms with Gasteiger partial charge in [-0.3, -0.25) is 23.4 Å². The average Bonchev–Trinajstić information content (AvgIpc) is 3.37. The second-order valence-corrected chi connectivity index (χ2v) is 21.2. The van der Waals surface area contributed by atoms with Crippen LogP contribution in [0.1, 0.15) is 278 Å². The molecule has 0 bridgehead atoms. The van der Waals surface area contributed by atoms with E-state index < -0.39 is 57.8 Å². The van der Waals surface area contributed by atoms with Gasteiger partial charge in [-0.15, -0.1) is 0 Å². The third-order valence-corrected chi connectivity index (χ3v) is 13.7. The Hall–Kier alpha value is -2.56. The van der Waals surface area contributed by atoms with Gasteiger partial charge in [-0.1, -0.05) is 230 Å². The standard InChI is InChI=1S/C60H109O11P/c1-4-7-10-13-16-19-21-23-25-27-28-30-32-34-36-39-42-45-48-51-60(64)71-57(53-67-58(62)49-46-43-40-37-18-15-12-9-6-3)55-69-72(65,66)68-54-56(52-61)70-59(63)50-47-44-41-38-35-33-31-29-26-24-22-20-17-14-11-8-5-2/h8,11,17,20,23-26,56-57,61H,4-7,9-10,12-16,18-19,21-22,27-55H2,1-3H3,(H,65,66)/b11-8-,20-17-,25-23-,26-24-. The van der Waals surface area contributed by atoms with Crippen LogP contribution in [-0.4, -0.2) is 66.5 Å². The monoisotopic (exact) mass is 1040 g/mol. The Balaban J connectivity index is 4.60. The highest BCUT2D eigenvalue weighted by molar-refractivity contribution is 7.47.